The van der Waals surface area contributed by atoms with Crippen LogP contribution in [0, 0.1) is 0 Å². The lowest BCUT2D eigenvalue weighted by atomic mass is 10.4. The van der Waals surface area contributed by atoms with Crippen molar-refractivity contribution >= 4 is 10.2 Å². The molecule has 0 aliphatic carbocycles. The van der Waals surface area contributed by atoms with Gasteiger partial charge in [0.1, 0.15) is 0 Å². The summed E-state index contributed by atoms with van der Waals surface area (Å²) in [5, 5.41) is 0.00868. The number of hydrogen-bond donors (Lipinski definition) is 0. The highest BCUT2D eigenvalue weighted by Crippen LogP contribution is 2.01. The van der Waals surface area contributed by atoms with Gasteiger partial charge in [-0.1, -0.05) is 0 Å². The van der Waals surface area contributed by atoms with Gasteiger partial charge in [0.15, 0.2) is 0 Å². The highest BCUT2D eigenvalue weighted by molar-refractivity contribution is 6.14. The summed E-state index contributed by atoms with van der Waals surface area (Å²) in [6.45, 7) is 2.75. The van der Waals surface area contributed by atoms with Crippen LogP contribution >= 0.6 is 0 Å². The molecule has 0 aliphatic heterocycles. The van der Waals surface area contributed by atoms with E-state index >= 15 is 0 Å². The lowest BCUT2D eigenvalue weighted by molar-refractivity contribution is 0.00880. The molecule has 0 saturated carbocycles. The van der Waals surface area contributed by atoms with Gasteiger partial charge in [0.25, 0.3) is 0 Å². The summed E-state index contributed by atoms with van der Waals surface area (Å²) in [7, 11) is 4.42. The second kappa shape index (κ2) is 3.22. The van der Waals surface area contributed by atoms with Crippen LogP contribution in [0.4, 0.5) is 0 Å². The molecule has 0 saturated heterocycles. The molecule has 1 unspecified atom stereocenters. The molecule has 0 radical (unpaired) electrons. The summed E-state index contributed by atoms with van der Waals surface area (Å²) < 4.78 is 10.0. The van der Waals surface area contributed by atoms with Crippen LogP contribution in [-0.2, 0) is 9.47 Å². The molecule has 0 fully saturated rings. The van der Waals surface area contributed by atoms with Crippen LogP contribution in [0.3, 0.4) is 0 Å². The van der Waals surface area contributed by atoms with Gasteiger partial charge >= 0.3 is 0 Å². The summed E-state index contributed by atoms with van der Waals surface area (Å²) in [6.07, 6.45) is 0. The Kier molecular flexibility index (Phi) is 3.27. The fourth-order valence-corrected chi connectivity index (χ4v) is 0.695. The van der Waals surface area contributed by atoms with Crippen LogP contribution in [0.1, 0.15) is 6.92 Å². The lowest BCUT2D eigenvalue weighted by Gasteiger charge is -2.21. The van der Waals surface area contributed by atoms with Crippen LogP contribution in [0.25, 0.3) is 0 Å². The Morgan fingerprint density at radius 3 is 2.12 bits per heavy atom. The molecule has 0 aliphatic rings. The van der Waals surface area contributed by atoms with Gasteiger partial charge in [-0.25, -0.2) is 0 Å². The molecule has 0 rings (SSSR count). The zero-order chi connectivity index (χ0) is 6.62. The van der Waals surface area contributed by atoms with E-state index in [1.807, 2.05) is 6.92 Å². The van der Waals surface area contributed by atoms with Crippen molar-refractivity contribution < 1.29 is 9.47 Å². The molecule has 50 valence electrons. The minimum atomic E-state index is 0.00868. The van der Waals surface area contributed by atoms with E-state index in [2.05, 4.69) is 0 Å². The molecule has 0 spiro atoms. The first-order chi connectivity index (χ1) is 3.62. The van der Waals surface area contributed by atoms with E-state index in [1.54, 1.807) is 14.2 Å². The molecular formula is C5H14O2Si. The van der Waals surface area contributed by atoms with Crippen molar-refractivity contribution in [3.63, 3.8) is 0 Å². The van der Waals surface area contributed by atoms with Crippen molar-refractivity contribution in [2.45, 2.75) is 12.1 Å². The predicted molar refractivity (Wildman–Crippen MR) is 37.2 cm³/mol. The van der Waals surface area contributed by atoms with Crippen molar-refractivity contribution in [2.24, 2.45) is 0 Å². The number of methoxy groups -OCH3 is 2. The van der Waals surface area contributed by atoms with Gasteiger partial charge in [-0.3, -0.25) is 0 Å². The zero-order valence-corrected chi connectivity index (χ0v) is 8.02. The van der Waals surface area contributed by atoms with E-state index in [9.17, 15) is 0 Å². The fraction of sp³-hybridized carbons (Fsp3) is 1.00. The Hall–Kier alpha value is 0.137. The zero-order valence-electron chi connectivity index (χ0n) is 6.02. The molecule has 0 bridgehead atoms. The lowest BCUT2D eigenvalue weighted by Crippen LogP contribution is -2.32. The molecule has 0 aromatic heterocycles. The van der Waals surface area contributed by atoms with Gasteiger partial charge in [0.05, 0.1) is 11.8 Å². The molecule has 1 atom stereocenters. The molecule has 0 aromatic carbocycles. The summed E-state index contributed by atoms with van der Waals surface area (Å²) >= 11 is 0. The topological polar surface area (TPSA) is 18.5 Å². The van der Waals surface area contributed by atoms with Gasteiger partial charge in [-0.15, -0.1) is 0 Å². The summed E-state index contributed by atoms with van der Waals surface area (Å²) in [5.74, 6) is 0. The van der Waals surface area contributed by atoms with Gasteiger partial charge in [-0.05, 0) is 6.92 Å². The normalized spacial score (nSPS) is 18.4. The van der Waals surface area contributed by atoms with Crippen LogP contribution in [-0.4, -0.2) is 36.3 Å². The molecule has 8 heavy (non-hydrogen) atoms. The van der Waals surface area contributed by atoms with Crippen LogP contribution in [0.5, 0.6) is 0 Å². The Bertz CT molecular complexity index is 63.4. The van der Waals surface area contributed by atoms with Gasteiger partial charge in [-0.2, -0.15) is 0 Å². The Morgan fingerprint density at radius 2 is 2.00 bits per heavy atom. The SMILES string of the molecule is COCC(C)([SiH3])OC. The third kappa shape index (κ3) is 3.18. The second-order valence-electron chi connectivity index (χ2n) is 2.40. The maximum absolute atomic E-state index is 5.11. The largest absolute Gasteiger partial charge is 0.382 e. The number of hydrogen-bond acceptors (Lipinski definition) is 2. The standard InChI is InChI=1S/C5H14O2Si/c1-5(8,7-3)4-6-2/h4H2,1-3,8H3. The van der Waals surface area contributed by atoms with Crippen LogP contribution < -0.4 is 0 Å². The minimum absolute atomic E-state index is 0.00868. The third-order valence-corrected chi connectivity index (χ3v) is 1.74. The summed E-state index contributed by atoms with van der Waals surface area (Å²) in [4.78, 5) is 0. The second-order valence-corrected chi connectivity index (χ2v) is 4.51. The summed E-state index contributed by atoms with van der Waals surface area (Å²) in [6, 6.07) is 0. The van der Waals surface area contributed by atoms with Crippen LogP contribution in [0.15, 0.2) is 0 Å². The van der Waals surface area contributed by atoms with Crippen molar-refractivity contribution in [1.82, 2.24) is 0 Å². The van der Waals surface area contributed by atoms with E-state index in [0.29, 0.717) is 6.61 Å². The Labute approximate surface area is 53.6 Å². The van der Waals surface area contributed by atoms with E-state index in [0.717, 1.165) is 10.2 Å². The van der Waals surface area contributed by atoms with Crippen molar-refractivity contribution in [2.75, 3.05) is 20.8 Å². The highest BCUT2D eigenvalue weighted by Gasteiger charge is 2.14. The quantitative estimate of drug-likeness (QED) is 0.478. The van der Waals surface area contributed by atoms with E-state index < -0.39 is 0 Å². The number of rotatable bonds is 3. The molecule has 0 N–H and O–H groups in total. The third-order valence-electron chi connectivity index (χ3n) is 1.04. The highest BCUT2D eigenvalue weighted by atomic mass is 28.1. The monoisotopic (exact) mass is 134 g/mol. The van der Waals surface area contributed by atoms with Gasteiger partial charge in [0, 0.05) is 24.5 Å². The van der Waals surface area contributed by atoms with Crippen molar-refractivity contribution in [3.05, 3.63) is 0 Å². The smallest absolute Gasteiger partial charge is 0.0709 e. The van der Waals surface area contributed by atoms with Gasteiger partial charge in [0.2, 0.25) is 0 Å². The molecular weight excluding hydrogens is 120 g/mol. The van der Waals surface area contributed by atoms with Gasteiger partial charge < -0.3 is 9.47 Å². The predicted octanol–water partition coefficient (Wildman–Crippen LogP) is -0.639. The molecule has 0 amide bonds. The summed E-state index contributed by atoms with van der Waals surface area (Å²) in [5.41, 5.74) is 0. The Balaban J connectivity index is 3.37. The van der Waals surface area contributed by atoms with Crippen molar-refractivity contribution in [3.8, 4) is 0 Å². The van der Waals surface area contributed by atoms with E-state index in [-0.39, 0.29) is 5.22 Å². The number of ether oxygens (including phenoxy) is 2. The first-order valence-electron chi connectivity index (χ1n) is 2.66. The molecule has 2 nitrogen and oxygen atoms in total. The molecule has 0 heterocycles. The van der Waals surface area contributed by atoms with Crippen LogP contribution in [0.2, 0.25) is 0 Å². The Morgan fingerprint density at radius 1 is 1.50 bits per heavy atom. The molecule has 0 aromatic rings. The maximum atomic E-state index is 5.11. The first kappa shape index (κ1) is 8.14. The van der Waals surface area contributed by atoms with E-state index in [1.165, 1.54) is 0 Å². The van der Waals surface area contributed by atoms with E-state index in [4.69, 9.17) is 9.47 Å². The maximum Gasteiger partial charge on any atom is 0.0709 e. The fourth-order valence-electron chi connectivity index (χ4n) is 0.407. The average molecular weight is 134 g/mol. The minimum Gasteiger partial charge on any atom is -0.382 e. The first-order valence-corrected chi connectivity index (χ1v) is 3.66. The molecule has 3 heteroatoms. The average Bonchev–Trinajstić information content (AvgIpc) is 1.67. The van der Waals surface area contributed by atoms with Crippen molar-refractivity contribution in [1.29, 1.82) is 0 Å².